The monoisotopic (exact) mass is 303 g/mol. The van der Waals surface area contributed by atoms with Crippen molar-refractivity contribution in [3.05, 3.63) is 40.0 Å². The van der Waals surface area contributed by atoms with Gasteiger partial charge in [0.25, 0.3) is 0 Å². The Bertz CT molecular complexity index is 583. The van der Waals surface area contributed by atoms with E-state index in [9.17, 15) is 0 Å². The molecule has 1 fully saturated rings. The van der Waals surface area contributed by atoms with E-state index >= 15 is 0 Å². The van der Waals surface area contributed by atoms with Crippen molar-refractivity contribution in [1.82, 2.24) is 9.97 Å². The lowest BCUT2D eigenvalue weighted by Gasteiger charge is -2.07. The first kappa shape index (κ1) is 11.7. The quantitative estimate of drug-likeness (QED) is 0.921. The van der Waals surface area contributed by atoms with Gasteiger partial charge in [0, 0.05) is 5.56 Å². The third-order valence-corrected chi connectivity index (χ3v) is 4.22. The summed E-state index contributed by atoms with van der Waals surface area (Å²) in [4.78, 5) is 8.83. The van der Waals surface area contributed by atoms with Crippen LogP contribution in [0.2, 0.25) is 0 Å². The topological polar surface area (TPSA) is 51.8 Å². The summed E-state index contributed by atoms with van der Waals surface area (Å²) >= 11 is 3.38. The van der Waals surface area contributed by atoms with E-state index in [4.69, 9.17) is 5.73 Å². The van der Waals surface area contributed by atoms with Gasteiger partial charge in [0.15, 0.2) is 5.82 Å². The zero-order valence-electron chi connectivity index (χ0n) is 10.2. The minimum atomic E-state index is 0.495. The highest BCUT2D eigenvalue weighted by Crippen LogP contribution is 2.40. The summed E-state index contributed by atoms with van der Waals surface area (Å²) in [5, 5.41) is 0. The number of halogens is 1. The van der Waals surface area contributed by atoms with Gasteiger partial charge in [-0.2, -0.15) is 0 Å². The Morgan fingerprint density at radius 1 is 1.28 bits per heavy atom. The van der Waals surface area contributed by atoms with E-state index in [2.05, 4.69) is 44.1 Å². The second-order valence-electron chi connectivity index (χ2n) is 4.73. The van der Waals surface area contributed by atoms with Crippen LogP contribution in [0.1, 0.15) is 30.0 Å². The van der Waals surface area contributed by atoms with Gasteiger partial charge in [0.1, 0.15) is 5.82 Å². The molecule has 1 aliphatic rings. The molecule has 4 heteroatoms. The second-order valence-corrected chi connectivity index (χ2v) is 5.52. The van der Waals surface area contributed by atoms with Gasteiger partial charge in [0.2, 0.25) is 0 Å². The van der Waals surface area contributed by atoms with Crippen LogP contribution >= 0.6 is 15.9 Å². The maximum Gasteiger partial charge on any atom is 0.161 e. The number of hydrogen-bond acceptors (Lipinski definition) is 3. The molecule has 3 nitrogen and oxygen atoms in total. The van der Waals surface area contributed by atoms with E-state index in [-0.39, 0.29) is 0 Å². The third-order valence-electron chi connectivity index (χ3n) is 3.24. The van der Waals surface area contributed by atoms with Crippen LogP contribution in [0.25, 0.3) is 11.4 Å². The van der Waals surface area contributed by atoms with Gasteiger partial charge in [-0.3, -0.25) is 0 Å². The van der Waals surface area contributed by atoms with Crippen molar-refractivity contribution in [1.29, 1.82) is 0 Å². The Labute approximate surface area is 115 Å². The van der Waals surface area contributed by atoms with Crippen LogP contribution < -0.4 is 5.73 Å². The van der Waals surface area contributed by atoms with Gasteiger partial charge in [-0.05, 0) is 53.2 Å². The molecule has 2 aromatic rings. The number of hydrogen-bond donors (Lipinski definition) is 1. The highest BCUT2D eigenvalue weighted by atomic mass is 79.9. The average Bonchev–Trinajstić information content (AvgIpc) is 3.20. The molecular formula is C14H14BrN3. The number of aromatic nitrogens is 2. The molecule has 1 heterocycles. The number of benzene rings is 1. The molecule has 0 spiro atoms. The zero-order chi connectivity index (χ0) is 12.7. The fourth-order valence-corrected chi connectivity index (χ4v) is 2.24. The second kappa shape index (κ2) is 4.35. The SMILES string of the molecule is Cc1nc(-c2cccc(C3CC3)c2)nc(N)c1Br. The van der Waals surface area contributed by atoms with Crippen molar-refractivity contribution in [2.24, 2.45) is 0 Å². The molecule has 1 saturated carbocycles. The van der Waals surface area contributed by atoms with E-state index < -0.39 is 0 Å². The first-order chi connectivity index (χ1) is 8.65. The fraction of sp³-hybridized carbons (Fsp3) is 0.286. The maximum atomic E-state index is 5.87. The first-order valence-corrected chi connectivity index (χ1v) is 6.84. The smallest absolute Gasteiger partial charge is 0.161 e. The van der Waals surface area contributed by atoms with E-state index in [1.165, 1.54) is 18.4 Å². The molecule has 0 amide bonds. The molecule has 1 aromatic heterocycles. The molecule has 92 valence electrons. The van der Waals surface area contributed by atoms with E-state index in [1.807, 2.05) is 13.0 Å². The minimum absolute atomic E-state index is 0.495. The standard InChI is InChI=1S/C14H14BrN3/c1-8-12(15)13(16)18-14(17-8)11-4-2-3-10(7-11)9-5-6-9/h2-4,7,9H,5-6H2,1H3,(H2,16,17,18). The van der Waals surface area contributed by atoms with Crippen LogP contribution in [0.3, 0.4) is 0 Å². The van der Waals surface area contributed by atoms with Gasteiger partial charge in [-0.25, -0.2) is 9.97 Å². The Morgan fingerprint density at radius 2 is 2.06 bits per heavy atom. The van der Waals surface area contributed by atoms with Crippen molar-refractivity contribution in [3.63, 3.8) is 0 Å². The molecule has 3 rings (SSSR count). The van der Waals surface area contributed by atoms with E-state index in [1.54, 1.807) is 0 Å². The molecule has 18 heavy (non-hydrogen) atoms. The van der Waals surface area contributed by atoms with Gasteiger partial charge in [0.05, 0.1) is 10.2 Å². The number of rotatable bonds is 2. The third kappa shape index (κ3) is 2.12. The van der Waals surface area contributed by atoms with Crippen LogP contribution in [0.4, 0.5) is 5.82 Å². The van der Waals surface area contributed by atoms with Gasteiger partial charge in [-0.1, -0.05) is 18.2 Å². The van der Waals surface area contributed by atoms with Crippen molar-refractivity contribution < 1.29 is 0 Å². The van der Waals surface area contributed by atoms with Gasteiger partial charge >= 0.3 is 0 Å². The molecule has 0 aliphatic heterocycles. The largest absolute Gasteiger partial charge is 0.383 e. The molecule has 0 unspecified atom stereocenters. The summed E-state index contributed by atoms with van der Waals surface area (Å²) in [5.74, 6) is 1.93. The number of aryl methyl sites for hydroxylation is 1. The van der Waals surface area contributed by atoms with Crippen LogP contribution in [-0.4, -0.2) is 9.97 Å². The first-order valence-electron chi connectivity index (χ1n) is 6.05. The lowest BCUT2D eigenvalue weighted by molar-refractivity contribution is 1.09. The van der Waals surface area contributed by atoms with Crippen molar-refractivity contribution >= 4 is 21.7 Å². The number of nitrogens with two attached hydrogens (primary N) is 1. The predicted octanol–water partition coefficient (Wildman–Crippen LogP) is 3.67. The molecule has 1 aliphatic carbocycles. The molecule has 0 bridgehead atoms. The molecule has 0 radical (unpaired) electrons. The van der Waals surface area contributed by atoms with Crippen LogP contribution in [0.5, 0.6) is 0 Å². The Hall–Kier alpha value is -1.42. The van der Waals surface area contributed by atoms with Crippen LogP contribution in [0, 0.1) is 6.92 Å². The Morgan fingerprint density at radius 3 is 2.72 bits per heavy atom. The van der Waals surface area contributed by atoms with Crippen molar-refractivity contribution in [2.75, 3.05) is 5.73 Å². The molecule has 0 saturated heterocycles. The highest BCUT2D eigenvalue weighted by molar-refractivity contribution is 9.10. The zero-order valence-corrected chi connectivity index (χ0v) is 11.7. The van der Waals surface area contributed by atoms with E-state index in [0.29, 0.717) is 11.6 Å². The summed E-state index contributed by atoms with van der Waals surface area (Å²) < 4.78 is 0.782. The van der Waals surface area contributed by atoms with Crippen molar-refractivity contribution in [3.8, 4) is 11.4 Å². The summed E-state index contributed by atoms with van der Waals surface area (Å²) in [6, 6.07) is 8.46. The minimum Gasteiger partial charge on any atom is -0.383 e. The molecule has 1 aromatic carbocycles. The molecule has 0 atom stereocenters. The number of nitrogens with zero attached hydrogens (tertiary/aromatic N) is 2. The normalized spacial score (nSPS) is 14.8. The van der Waals surface area contributed by atoms with Crippen molar-refractivity contribution in [2.45, 2.75) is 25.7 Å². The number of anilines is 1. The average molecular weight is 304 g/mol. The lowest BCUT2D eigenvalue weighted by Crippen LogP contribution is -2.00. The highest BCUT2D eigenvalue weighted by Gasteiger charge is 2.23. The van der Waals surface area contributed by atoms with E-state index in [0.717, 1.165) is 21.6 Å². The molecule has 2 N–H and O–H groups in total. The van der Waals surface area contributed by atoms with Gasteiger partial charge in [-0.15, -0.1) is 0 Å². The Kier molecular flexibility index (Phi) is 2.82. The maximum absolute atomic E-state index is 5.87. The Balaban J connectivity index is 2.06. The number of nitrogen functional groups attached to an aromatic ring is 1. The van der Waals surface area contributed by atoms with Crippen LogP contribution in [0.15, 0.2) is 28.7 Å². The summed E-state index contributed by atoms with van der Waals surface area (Å²) in [6.07, 6.45) is 2.59. The van der Waals surface area contributed by atoms with Crippen LogP contribution in [-0.2, 0) is 0 Å². The molecular weight excluding hydrogens is 290 g/mol. The summed E-state index contributed by atoms with van der Waals surface area (Å²) in [5.41, 5.74) is 9.17. The summed E-state index contributed by atoms with van der Waals surface area (Å²) in [7, 11) is 0. The lowest BCUT2D eigenvalue weighted by atomic mass is 10.1. The predicted molar refractivity (Wildman–Crippen MR) is 76.3 cm³/mol. The fourth-order valence-electron chi connectivity index (χ4n) is 2.06. The summed E-state index contributed by atoms with van der Waals surface area (Å²) in [6.45, 7) is 1.93. The van der Waals surface area contributed by atoms with Gasteiger partial charge < -0.3 is 5.73 Å².